The lowest BCUT2D eigenvalue weighted by atomic mass is 10.0. The maximum Gasteiger partial charge on any atom is 0.274 e. The number of para-hydroxylation sites is 1. The van der Waals surface area contributed by atoms with Crippen LogP contribution in [-0.4, -0.2) is 34.4 Å². The van der Waals surface area contributed by atoms with Crippen molar-refractivity contribution in [2.24, 2.45) is 0 Å². The molecule has 1 amide bonds. The minimum absolute atomic E-state index is 0.225. The van der Waals surface area contributed by atoms with Gasteiger partial charge in [0.2, 0.25) is 0 Å². The van der Waals surface area contributed by atoms with E-state index in [1.807, 2.05) is 34.7 Å². The van der Waals surface area contributed by atoms with E-state index < -0.39 is 0 Å². The Morgan fingerprint density at radius 1 is 1.16 bits per heavy atom. The van der Waals surface area contributed by atoms with Crippen molar-refractivity contribution >= 4 is 28.1 Å². The van der Waals surface area contributed by atoms with Crippen LogP contribution in [0.3, 0.4) is 0 Å². The molecule has 160 valence electrons. The number of hydrogen-bond acceptors (Lipinski definition) is 4. The lowest BCUT2D eigenvalue weighted by molar-refractivity contribution is 0.0990. The summed E-state index contributed by atoms with van der Waals surface area (Å²) in [7, 11) is 3.26. The number of H-pyrrole nitrogens is 1. The van der Waals surface area contributed by atoms with Crippen molar-refractivity contribution in [1.29, 1.82) is 0 Å². The second kappa shape index (κ2) is 8.26. The SMILES string of the molecule is CCC(CC)c1ncc2c(=O)[nH]c3cc(C(=O)N(C)c4ccccc4)c(OC)cc3n12. The van der Waals surface area contributed by atoms with Crippen molar-refractivity contribution in [3.05, 3.63) is 70.4 Å². The highest BCUT2D eigenvalue weighted by Gasteiger charge is 2.22. The second-order valence-electron chi connectivity index (χ2n) is 7.57. The van der Waals surface area contributed by atoms with E-state index in [1.54, 1.807) is 37.4 Å². The molecule has 1 N–H and O–H groups in total. The number of amides is 1. The number of aromatic nitrogens is 3. The zero-order valence-electron chi connectivity index (χ0n) is 18.2. The summed E-state index contributed by atoms with van der Waals surface area (Å²) >= 11 is 0. The summed E-state index contributed by atoms with van der Waals surface area (Å²) in [6.45, 7) is 4.22. The fourth-order valence-corrected chi connectivity index (χ4v) is 4.05. The quantitative estimate of drug-likeness (QED) is 0.504. The largest absolute Gasteiger partial charge is 0.496 e. The predicted molar refractivity (Wildman–Crippen MR) is 122 cm³/mol. The molecule has 2 heterocycles. The van der Waals surface area contributed by atoms with Gasteiger partial charge >= 0.3 is 0 Å². The van der Waals surface area contributed by atoms with Gasteiger partial charge in [0, 0.05) is 24.7 Å². The van der Waals surface area contributed by atoms with Crippen LogP contribution in [0, 0.1) is 0 Å². The highest BCUT2D eigenvalue weighted by molar-refractivity contribution is 6.09. The highest BCUT2D eigenvalue weighted by Crippen LogP contribution is 2.30. The van der Waals surface area contributed by atoms with Crippen LogP contribution < -0.4 is 15.2 Å². The van der Waals surface area contributed by atoms with Gasteiger partial charge in [-0.25, -0.2) is 4.98 Å². The first-order valence-corrected chi connectivity index (χ1v) is 10.4. The topological polar surface area (TPSA) is 79.7 Å². The van der Waals surface area contributed by atoms with Crippen LogP contribution in [0.4, 0.5) is 5.69 Å². The molecule has 7 nitrogen and oxygen atoms in total. The fourth-order valence-electron chi connectivity index (χ4n) is 4.05. The Bertz CT molecular complexity index is 1300. The maximum atomic E-state index is 13.3. The van der Waals surface area contributed by atoms with Gasteiger partial charge in [-0.05, 0) is 31.0 Å². The van der Waals surface area contributed by atoms with E-state index in [9.17, 15) is 9.59 Å². The van der Waals surface area contributed by atoms with Crippen LogP contribution in [0.15, 0.2) is 53.5 Å². The molecule has 4 rings (SSSR count). The number of carbonyl (C=O) groups excluding carboxylic acids is 1. The molecule has 0 saturated heterocycles. The molecule has 0 aliphatic heterocycles. The molecule has 0 radical (unpaired) electrons. The van der Waals surface area contributed by atoms with Crippen LogP contribution in [0.1, 0.15) is 48.8 Å². The fraction of sp³-hybridized carbons (Fsp3) is 0.292. The molecule has 0 aliphatic carbocycles. The van der Waals surface area contributed by atoms with Crippen molar-refractivity contribution in [3.8, 4) is 5.75 Å². The average Bonchev–Trinajstić information content (AvgIpc) is 3.25. The average molecular weight is 418 g/mol. The van der Waals surface area contributed by atoms with Crippen molar-refractivity contribution in [3.63, 3.8) is 0 Å². The molecule has 2 aromatic heterocycles. The van der Waals surface area contributed by atoms with Gasteiger partial charge in [-0.1, -0.05) is 32.0 Å². The van der Waals surface area contributed by atoms with E-state index in [-0.39, 0.29) is 17.4 Å². The molecule has 0 aliphatic rings. The van der Waals surface area contributed by atoms with E-state index in [0.29, 0.717) is 22.3 Å². The Morgan fingerprint density at radius 2 is 1.87 bits per heavy atom. The lowest BCUT2D eigenvalue weighted by Crippen LogP contribution is -2.26. The van der Waals surface area contributed by atoms with Crippen LogP contribution in [0.25, 0.3) is 16.6 Å². The predicted octanol–water partition coefficient (Wildman–Crippen LogP) is 4.36. The van der Waals surface area contributed by atoms with Gasteiger partial charge in [0.1, 0.15) is 17.1 Å². The summed E-state index contributed by atoms with van der Waals surface area (Å²) in [5, 5.41) is 0. The number of methoxy groups -OCH3 is 1. The van der Waals surface area contributed by atoms with E-state index >= 15 is 0 Å². The number of hydrogen-bond donors (Lipinski definition) is 1. The minimum Gasteiger partial charge on any atom is -0.496 e. The van der Waals surface area contributed by atoms with Crippen molar-refractivity contribution in [1.82, 2.24) is 14.4 Å². The van der Waals surface area contributed by atoms with Gasteiger partial charge in [-0.3, -0.25) is 14.0 Å². The number of aromatic amines is 1. The third-order valence-electron chi connectivity index (χ3n) is 5.86. The Hall–Kier alpha value is -3.61. The third-order valence-corrected chi connectivity index (χ3v) is 5.86. The summed E-state index contributed by atoms with van der Waals surface area (Å²) in [6.07, 6.45) is 3.44. The number of anilines is 1. The zero-order chi connectivity index (χ0) is 22.1. The van der Waals surface area contributed by atoms with Gasteiger partial charge in [-0.15, -0.1) is 0 Å². The molecule has 0 saturated carbocycles. The first kappa shape index (κ1) is 20.7. The van der Waals surface area contributed by atoms with Gasteiger partial charge in [0.15, 0.2) is 0 Å². The normalized spacial score (nSPS) is 11.4. The standard InChI is InChI=1S/C24H26N4O3/c1-5-15(6-2)22-25-14-20-23(29)26-18-12-17(21(31-4)13-19(18)28(20)22)24(30)27(3)16-10-8-7-9-11-16/h7-15H,5-6H2,1-4H3,(H,26,29). The summed E-state index contributed by atoms with van der Waals surface area (Å²) in [6, 6.07) is 12.9. The monoisotopic (exact) mass is 418 g/mol. The maximum absolute atomic E-state index is 13.3. The molecule has 0 atom stereocenters. The molecule has 31 heavy (non-hydrogen) atoms. The highest BCUT2D eigenvalue weighted by atomic mass is 16.5. The third kappa shape index (κ3) is 3.46. The lowest BCUT2D eigenvalue weighted by Gasteiger charge is -2.20. The molecule has 0 bridgehead atoms. The first-order valence-electron chi connectivity index (χ1n) is 10.4. The number of nitrogens with zero attached hydrogens (tertiary/aromatic N) is 3. The Balaban J connectivity index is 1.94. The minimum atomic E-state index is -0.239. The second-order valence-corrected chi connectivity index (χ2v) is 7.57. The Labute approximate surface area is 180 Å². The van der Waals surface area contributed by atoms with E-state index in [0.717, 1.165) is 29.9 Å². The van der Waals surface area contributed by atoms with E-state index in [2.05, 4.69) is 23.8 Å². The molecule has 4 aromatic rings. The van der Waals surface area contributed by atoms with Crippen molar-refractivity contribution in [2.45, 2.75) is 32.6 Å². The molecule has 0 unspecified atom stereocenters. The Kier molecular flexibility index (Phi) is 5.50. The van der Waals surface area contributed by atoms with Crippen LogP contribution in [0.5, 0.6) is 5.75 Å². The van der Waals surface area contributed by atoms with Crippen molar-refractivity contribution in [2.75, 3.05) is 19.1 Å². The smallest absolute Gasteiger partial charge is 0.274 e. The molecular formula is C24H26N4O3. The number of rotatable bonds is 6. The van der Waals surface area contributed by atoms with Gasteiger partial charge < -0.3 is 14.6 Å². The number of imidazole rings is 1. The van der Waals surface area contributed by atoms with Gasteiger partial charge in [-0.2, -0.15) is 0 Å². The number of nitrogens with one attached hydrogen (secondary N) is 1. The van der Waals surface area contributed by atoms with Crippen LogP contribution in [-0.2, 0) is 0 Å². The number of carbonyl (C=O) groups is 1. The Morgan fingerprint density at radius 3 is 2.52 bits per heavy atom. The van der Waals surface area contributed by atoms with Crippen LogP contribution in [0.2, 0.25) is 0 Å². The summed E-state index contributed by atoms with van der Waals surface area (Å²) in [4.78, 5) is 35.0. The number of ether oxygens (including phenoxy) is 1. The van der Waals surface area contributed by atoms with Gasteiger partial charge in [0.25, 0.3) is 11.5 Å². The van der Waals surface area contributed by atoms with E-state index in [1.165, 1.54) is 0 Å². The summed E-state index contributed by atoms with van der Waals surface area (Å²) < 4.78 is 7.49. The summed E-state index contributed by atoms with van der Waals surface area (Å²) in [5.41, 5.74) is 2.71. The molecule has 7 heteroatoms. The molecule has 0 spiro atoms. The zero-order valence-corrected chi connectivity index (χ0v) is 18.2. The molecule has 2 aromatic carbocycles. The molecule has 0 fully saturated rings. The first-order chi connectivity index (χ1) is 15.0. The molecular weight excluding hydrogens is 392 g/mol. The van der Waals surface area contributed by atoms with E-state index in [4.69, 9.17) is 4.74 Å². The summed E-state index contributed by atoms with van der Waals surface area (Å²) in [5.74, 6) is 1.29. The van der Waals surface area contributed by atoms with Crippen molar-refractivity contribution < 1.29 is 9.53 Å². The number of fused-ring (bicyclic) bond motifs is 3. The van der Waals surface area contributed by atoms with Crippen LogP contribution >= 0.6 is 0 Å². The van der Waals surface area contributed by atoms with Gasteiger partial charge in [0.05, 0.1) is 29.9 Å². The number of benzene rings is 2.